The summed E-state index contributed by atoms with van der Waals surface area (Å²) in [6, 6.07) is 7.41. The van der Waals surface area contributed by atoms with Gasteiger partial charge in [-0.3, -0.25) is 0 Å². The van der Waals surface area contributed by atoms with E-state index in [0.717, 1.165) is 13.1 Å². The summed E-state index contributed by atoms with van der Waals surface area (Å²) in [7, 11) is 4.44. The molecule has 2 rings (SSSR count). The second-order valence-electron chi connectivity index (χ2n) is 6.11. The summed E-state index contributed by atoms with van der Waals surface area (Å²) in [5.74, 6) is 0. The number of benzene rings is 1. The molecule has 118 valence electrons. The maximum atomic E-state index is 3.76. The Balaban J connectivity index is 1.99. The molecule has 0 radical (unpaired) electrons. The summed E-state index contributed by atoms with van der Waals surface area (Å²) >= 11 is 3.76. The van der Waals surface area contributed by atoms with Crippen molar-refractivity contribution in [2.24, 2.45) is 0 Å². The highest BCUT2D eigenvalue weighted by Crippen LogP contribution is 2.30. The van der Waals surface area contributed by atoms with E-state index in [1.54, 1.807) is 0 Å². The molecule has 1 fully saturated rings. The minimum atomic E-state index is 0.654. The van der Waals surface area contributed by atoms with Crippen molar-refractivity contribution in [3.8, 4) is 0 Å². The average molecular weight is 354 g/mol. The predicted molar refractivity (Wildman–Crippen MR) is 95.1 cm³/mol. The lowest BCUT2D eigenvalue weighted by Gasteiger charge is -2.36. The summed E-state index contributed by atoms with van der Waals surface area (Å²) in [4.78, 5) is 4.86. The van der Waals surface area contributed by atoms with Crippen LogP contribution in [-0.4, -0.2) is 44.7 Å². The Morgan fingerprint density at radius 3 is 2.67 bits per heavy atom. The Labute approximate surface area is 137 Å². The van der Waals surface area contributed by atoms with Crippen molar-refractivity contribution in [2.45, 2.75) is 38.8 Å². The van der Waals surface area contributed by atoms with Gasteiger partial charge in [0.25, 0.3) is 0 Å². The number of nitrogens with one attached hydrogen (secondary N) is 1. The Hall–Kier alpha value is -0.580. The first-order valence-electron chi connectivity index (χ1n) is 8.02. The third-order valence-corrected chi connectivity index (χ3v) is 5.02. The van der Waals surface area contributed by atoms with Crippen LogP contribution < -0.4 is 10.2 Å². The van der Waals surface area contributed by atoms with E-state index < -0.39 is 0 Å². The predicted octanol–water partition coefficient (Wildman–Crippen LogP) is 3.48. The van der Waals surface area contributed by atoms with Crippen LogP contribution in [0.5, 0.6) is 0 Å². The zero-order valence-corrected chi connectivity index (χ0v) is 15.1. The normalized spacial score (nSPS) is 17.1. The Kier molecular flexibility index (Phi) is 6.52. The maximum absolute atomic E-state index is 3.76. The van der Waals surface area contributed by atoms with Crippen LogP contribution in [0, 0.1) is 0 Å². The molecular formula is C17H28BrN3. The number of nitrogens with zero attached hydrogens (tertiary/aromatic N) is 2. The molecule has 0 amide bonds. The number of rotatable bonds is 6. The number of piperidine rings is 1. The van der Waals surface area contributed by atoms with E-state index in [1.165, 1.54) is 48.1 Å². The monoisotopic (exact) mass is 353 g/mol. The zero-order chi connectivity index (χ0) is 15.2. The first-order chi connectivity index (χ1) is 10.1. The molecule has 1 aliphatic rings. The van der Waals surface area contributed by atoms with Gasteiger partial charge in [-0.05, 0) is 79.6 Å². The third kappa shape index (κ3) is 4.70. The van der Waals surface area contributed by atoms with Crippen LogP contribution in [0.1, 0.15) is 31.7 Å². The molecule has 0 aliphatic carbocycles. The van der Waals surface area contributed by atoms with Crippen molar-refractivity contribution in [3.05, 3.63) is 28.2 Å². The molecule has 1 N–H and O–H groups in total. The molecule has 1 aliphatic heterocycles. The Morgan fingerprint density at radius 1 is 1.33 bits per heavy atom. The summed E-state index contributed by atoms with van der Waals surface area (Å²) in [5.41, 5.74) is 2.65. The van der Waals surface area contributed by atoms with E-state index in [2.05, 4.69) is 70.3 Å². The zero-order valence-electron chi connectivity index (χ0n) is 13.5. The van der Waals surface area contributed by atoms with Gasteiger partial charge in [-0.2, -0.15) is 0 Å². The molecule has 0 spiro atoms. The molecule has 4 heteroatoms. The highest BCUT2D eigenvalue weighted by molar-refractivity contribution is 9.10. The van der Waals surface area contributed by atoms with Crippen molar-refractivity contribution in [1.29, 1.82) is 0 Å². The minimum Gasteiger partial charge on any atom is -0.371 e. The first kappa shape index (κ1) is 16.8. The molecule has 1 aromatic rings. The maximum Gasteiger partial charge on any atom is 0.0510 e. The molecule has 1 heterocycles. The third-order valence-electron chi connectivity index (χ3n) is 4.38. The first-order valence-corrected chi connectivity index (χ1v) is 8.81. The fourth-order valence-corrected chi connectivity index (χ4v) is 3.64. The van der Waals surface area contributed by atoms with Crippen LogP contribution in [-0.2, 0) is 6.54 Å². The lowest BCUT2D eigenvalue weighted by molar-refractivity contribution is 0.253. The largest absolute Gasteiger partial charge is 0.371 e. The fraction of sp³-hybridized carbons (Fsp3) is 0.647. The number of hydrogen-bond acceptors (Lipinski definition) is 3. The number of hydrogen-bond donors (Lipinski definition) is 1. The number of anilines is 1. The van der Waals surface area contributed by atoms with Crippen LogP contribution in [0.25, 0.3) is 0 Å². The molecule has 1 aromatic carbocycles. The minimum absolute atomic E-state index is 0.654. The van der Waals surface area contributed by atoms with Gasteiger partial charge in [-0.1, -0.05) is 13.0 Å². The van der Waals surface area contributed by atoms with Crippen LogP contribution in [0.2, 0.25) is 0 Å². The van der Waals surface area contributed by atoms with Crippen LogP contribution in [0.3, 0.4) is 0 Å². The molecule has 0 unspecified atom stereocenters. The van der Waals surface area contributed by atoms with E-state index >= 15 is 0 Å². The summed E-state index contributed by atoms with van der Waals surface area (Å²) in [5, 5.41) is 3.46. The summed E-state index contributed by atoms with van der Waals surface area (Å²) in [6.07, 6.45) is 3.68. The van der Waals surface area contributed by atoms with Crippen molar-refractivity contribution >= 4 is 21.6 Å². The SMILES string of the molecule is CCCNCc1ccc(N(C)C2CCN(C)CC2)c(Br)c1. The smallest absolute Gasteiger partial charge is 0.0510 e. The molecule has 1 saturated heterocycles. The van der Waals surface area contributed by atoms with E-state index in [0.29, 0.717) is 6.04 Å². The molecule has 0 saturated carbocycles. The molecular weight excluding hydrogens is 326 g/mol. The molecule has 21 heavy (non-hydrogen) atoms. The second-order valence-corrected chi connectivity index (χ2v) is 6.96. The quantitative estimate of drug-likeness (QED) is 0.789. The van der Waals surface area contributed by atoms with Crippen LogP contribution >= 0.6 is 15.9 Å². The Bertz CT molecular complexity index is 442. The van der Waals surface area contributed by atoms with E-state index in [-0.39, 0.29) is 0 Å². The highest BCUT2D eigenvalue weighted by Gasteiger charge is 2.21. The van der Waals surface area contributed by atoms with Crippen molar-refractivity contribution in [3.63, 3.8) is 0 Å². The molecule has 0 bridgehead atoms. The van der Waals surface area contributed by atoms with Gasteiger partial charge in [-0.15, -0.1) is 0 Å². The molecule has 3 nitrogen and oxygen atoms in total. The van der Waals surface area contributed by atoms with Crippen molar-refractivity contribution < 1.29 is 0 Å². The van der Waals surface area contributed by atoms with Gasteiger partial charge in [0.1, 0.15) is 0 Å². The van der Waals surface area contributed by atoms with Gasteiger partial charge >= 0.3 is 0 Å². The lowest BCUT2D eigenvalue weighted by Crippen LogP contribution is -2.42. The van der Waals surface area contributed by atoms with Gasteiger partial charge in [-0.25, -0.2) is 0 Å². The topological polar surface area (TPSA) is 18.5 Å². The number of likely N-dealkylation sites (tertiary alicyclic amines) is 1. The number of halogens is 1. The van der Waals surface area contributed by atoms with Gasteiger partial charge in [0, 0.05) is 24.1 Å². The van der Waals surface area contributed by atoms with Gasteiger partial charge < -0.3 is 15.1 Å². The second kappa shape index (κ2) is 8.16. The molecule has 0 aromatic heterocycles. The van der Waals surface area contributed by atoms with E-state index in [9.17, 15) is 0 Å². The van der Waals surface area contributed by atoms with Gasteiger partial charge in [0.15, 0.2) is 0 Å². The van der Waals surface area contributed by atoms with Crippen LogP contribution in [0.15, 0.2) is 22.7 Å². The fourth-order valence-electron chi connectivity index (χ4n) is 2.93. The van der Waals surface area contributed by atoms with Gasteiger partial charge in [0.2, 0.25) is 0 Å². The molecule has 0 atom stereocenters. The standard InChI is InChI=1S/C17H28BrN3/c1-4-9-19-13-14-5-6-17(16(18)12-14)21(3)15-7-10-20(2)11-8-15/h5-6,12,15,19H,4,7-11,13H2,1-3H3. The van der Waals surface area contributed by atoms with Crippen molar-refractivity contribution in [2.75, 3.05) is 38.6 Å². The van der Waals surface area contributed by atoms with Crippen molar-refractivity contribution in [1.82, 2.24) is 10.2 Å². The van der Waals surface area contributed by atoms with Crippen LogP contribution in [0.4, 0.5) is 5.69 Å². The van der Waals surface area contributed by atoms with E-state index in [4.69, 9.17) is 0 Å². The highest BCUT2D eigenvalue weighted by atomic mass is 79.9. The van der Waals surface area contributed by atoms with E-state index in [1.807, 2.05) is 0 Å². The van der Waals surface area contributed by atoms with Gasteiger partial charge in [0.05, 0.1) is 5.69 Å². The summed E-state index contributed by atoms with van der Waals surface area (Å²) < 4.78 is 1.21. The average Bonchev–Trinajstić information content (AvgIpc) is 2.48. The Morgan fingerprint density at radius 2 is 2.05 bits per heavy atom. The lowest BCUT2D eigenvalue weighted by atomic mass is 10.0. The summed E-state index contributed by atoms with van der Waals surface area (Å²) in [6.45, 7) is 6.62.